The third-order valence-corrected chi connectivity index (χ3v) is 4.50. The van der Waals surface area contributed by atoms with Gasteiger partial charge in [-0.15, -0.1) is 0 Å². The minimum Gasteiger partial charge on any atom is -0.325 e. The van der Waals surface area contributed by atoms with E-state index in [0.29, 0.717) is 19.0 Å². The Morgan fingerprint density at radius 1 is 1.22 bits per heavy atom. The van der Waals surface area contributed by atoms with Crippen LogP contribution in [-0.4, -0.2) is 46.7 Å². The van der Waals surface area contributed by atoms with E-state index in [1.807, 2.05) is 24.3 Å². The third kappa shape index (κ3) is 5.04. The molecule has 1 aliphatic rings. The lowest BCUT2D eigenvalue weighted by Gasteiger charge is -2.36. The molecule has 1 amide bonds. The molecule has 140 valence electrons. The molecular formula is C21H23FN4O. The van der Waals surface area contributed by atoms with Crippen molar-refractivity contribution in [3.8, 4) is 11.8 Å². The topological polar surface area (TPSA) is 49.3 Å². The second kappa shape index (κ2) is 9.13. The van der Waals surface area contributed by atoms with Crippen molar-refractivity contribution in [2.75, 3.05) is 24.5 Å². The molecule has 1 saturated heterocycles. The van der Waals surface area contributed by atoms with E-state index in [2.05, 4.69) is 28.7 Å². The van der Waals surface area contributed by atoms with Crippen molar-refractivity contribution >= 4 is 11.9 Å². The molecule has 0 bridgehead atoms. The second-order valence-corrected chi connectivity index (χ2v) is 6.48. The highest BCUT2D eigenvalue weighted by molar-refractivity contribution is 5.94. The van der Waals surface area contributed by atoms with Crippen molar-refractivity contribution in [3.05, 3.63) is 53.9 Å². The van der Waals surface area contributed by atoms with Crippen LogP contribution in [0.2, 0.25) is 0 Å². The van der Waals surface area contributed by atoms with E-state index >= 15 is 0 Å². The van der Waals surface area contributed by atoms with Gasteiger partial charge in [-0.25, -0.2) is 14.4 Å². The summed E-state index contributed by atoms with van der Waals surface area (Å²) in [7, 11) is 0. The third-order valence-electron chi connectivity index (χ3n) is 4.50. The lowest BCUT2D eigenvalue weighted by atomic mass is 10.1. The first kappa shape index (κ1) is 18.8. The zero-order chi connectivity index (χ0) is 19.1. The molecule has 0 aliphatic carbocycles. The summed E-state index contributed by atoms with van der Waals surface area (Å²) >= 11 is 0. The average Bonchev–Trinajstić information content (AvgIpc) is 2.71. The molecule has 0 spiro atoms. The lowest BCUT2D eigenvalue weighted by molar-refractivity contribution is -0.126. The molecule has 1 fully saturated rings. The SMILES string of the molecule is CCCCc1ccc(C#CC(=O)N2CCN(c3ncccn3)C(F)C2)cc1. The van der Waals surface area contributed by atoms with Crippen LogP contribution in [0.3, 0.4) is 0 Å². The number of aryl methyl sites for hydroxylation is 1. The summed E-state index contributed by atoms with van der Waals surface area (Å²) in [5.41, 5.74) is 2.06. The normalized spacial score (nSPS) is 16.6. The Labute approximate surface area is 159 Å². The van der Waals surface area contributed by atoms with Gasteiger partial charge in [0, 0.05) is 37.0 Å². The number of carbonyl (C=O) groups excluding carboxylic acids is 1. The van der Waals surface area contributed by atoms with E-state index in [9.17, 15) is 9.18 Å². The summed E-state index contributed by atoms with van der Waals surface area (Å²) in [6.07, 6.45) is 5.18. The molecule has 0 radical (unpaired) electrons. The van der Waals surface area contributed by atoms with Gasteiger partial charge in [0.25, 0.3) is 5.91 Å². The van der Waals surface area contributed by atoms with Crippen molar-refractivity contribution in [2.45, 2.75) is 32.5 Å². The summed E-state index contributed by atoms with van der Waals surface area (Å²) in [4.78, 5) is 23.3. The van der Waals surface area contributed by atoms with Gasteiger partial charge in [0.2, 0.25) is 5.95 Å². The van der Waals surface area contributed by atoms with E-state index in [-0.39, 0.29) is 12.5 Å². The predicted molar refractivity (Wildman–Crippen MR) is 103 cm³/mol. The van der Waals surface area contributed by atoms with Crippen molar-refractivity contribution in [3.63, 3.8) is 0 Å². The Kier molecular flexibility index (Phi) is 6.37. The molecule has 2 aromatic rings. The molecule has 1 aromatic carbocycles. The van der Waals surface area contributed by atoms with Crippen LogP contribution < -0.4 is 4.90 Å². The van der Waals surface area contributed by atoms with Gasteiger partial charge in [-0.1, -0.05) is 31.4 Å². The number of amides is 1. The van der Waals surface area contributed by atoms with Crippen LogP contribution in [0.25, 0.3) is 0 Å². The van der Waals surface area contributed by atoms with Gasteiger partial charge in [-0.2, -0.15) is 0 Å². The molecule has 2 heterocycles. The largest absolute Gasteiger partial charge is 0.325 e. The number of carbonyl (C=O) groups is 1. The first-order chi connectivity index (χ1) is 13.2. The van der Waals surface area contributed by atoms with Crippen LogP contribution >= 0.6 is 0 Å². The number of aromatic nitrogens is 2. The quantitative estimate of drug-likeness (QED) is 0.617. The molecule has 1 aromatic heterocycles. The molecule has 0 N–H and O–H groups in total. The Bertz CT molecular complexity index is 814. The van der Waals surface area contributed by atoms with Gasteiger partial charge < -0.3 is 9.80 Å². The molecule has 27 heavy (non-hydrogen) atoms. The lowest BCUT2D eigenvalue weighted by Crippen LogP contribution is -2.53. The maximum atomic E-state index is 14.5. The fourth-order valence-corrected chi connectivity index (χ4v) is 2.93. The standard InChI is InChI=1S/C21H23FN4O/c1-2-3-5-17-6-8-18(9-7-17)10-11-20(27)25-14-15-26(19(22)16-25)21-23-12-4-13-24-21/h4,6-9,12-13,19H,2-3,5,14-16H2,1H3. The van der Waals surface area contributed by atoms with Crippen molar-refractivity contribution < 1.29 is 9.18 Å². The monoisotopic (exact) mass is 366 g/mol. The van der Waals surface area contributed by atoms with E-state index in [4.69, 9.17) is 0 Å². The minimum absolute atomic E-state index is 0.0400. The minimum atomic E-state index is -1.34. The number of anilines is 1. The van der Waals surface area contributed by atoms with Crippen LogP contribution in [0.4, 0.5) is 10.3 Å². The molecule has 1 aliphatic heterocycles. The number of alkyl halides is 1. The van der Waals surface area contributed by atoms with Crippen LogP contribution in [0, 0.1) is 11.8 Å². The summed E-state index contributed by atoms with van der Waals surface area (Å²) in [6.45, 7) is 2.86. The maximum absolute atomic E-state index is 14.5. The van der Waals surface area contributed by atoms with E-state index in [0.717, 1.165) is 24.8 Å². The number of unbranched alkanes of at least 4 members (excludes halogenated alkanes) is 1. The van der Waals surface area contributed by atoms with E-state index in [1.54, 1.807) is 18.5 Å². The Morgan fingerprint density at radius 2 is 1.96 bits per heavy atom. The predicted octanol–water partition coefficient (Wildman–Crippen LogP) is 2.82. The summed E-state index contributed by atoms with van der Waals surface area (Å²) in [5.74, 6) is 5.49. The Morgan fingerprint density at radius 3 is 2.63 bits per heavy atom. The zero-order valence-corrected chi connectivity index (χ0v) is 15.4. The maximum Gasteiger partial charge on any atom is 0.299 e. The van der Waals surface area contributed by atoms with E-state index in [1.165, 1.54) is 15.4 Å². The molecular weight excluding hydrogens is 343 g/mol. The Balaban J connectivity index is 1.57. The smallest absolute Gasteiger partial charge is 0.299 e. The molecule has 1 atom stereocenters. The fourth-order valence-electron chi connectivity index (χ4n) is 2.93. The zero-order valence-electron chi connectivity index (χ0n) is 15.4. The first-order valence-electron chi connectivity index (χ1n) is 9.25. The highest BCUT2D eigenvalue weighted by Gasteiger charge is 2.30. The molecule has 3 rings (SSSR count). The van der Waals surface area contributed by atoms with Gasteiger partial charge >= 0.3 is 0 Å². The van der Waals surface area contributed by atoms with Gasteiger partial charge in [-0.05, 0) is 36.6 Å². The van der Waals surface area contributed by atoms with Gasteiger partial charge in [0.15, 0.2) is 6.30 Å². The molecule has 5 nitrogen and oxygen atoms in total. The molecule has 0 saturated carbocycles. The van der Waals surface area contributed by atoms with Gasteiger partial charge in [0.05, 0.1) is 6.54 Å². The van der Waals surface area contributed by atoms with Crippen LogP contribution in [0.15, 0.2) is 42.7 Å². The van der Waals surface area contributed by atoms with Crippen molar-refractivity contribution in [1.82, 2.24) is 14.9 Å². The summed E-state index contributed by atoms with van der Waals surface area (Å²) in [6, 6.07) is 9.62. The summed E-state index contributed by atoms with van der Waals surface area (Å²) < 4.78 is 14.5. The number of hydrogen-bond donors (Lipinski definition) is 0. The number of hydrogen-bond acceptors (Lipinski definition) is 4. The fraction of sp³-hybridized carbons (Fsp3) is 0.381. The first-order valence-corrected chi connectivity index (χ1v) is 9.25. The number of rotatable bonds is 4. The van der Waals surface area contributed by atoms with Gasteiger partial charge in [-0.3, -0.25) is 4.79 Å². The number of nitrogens with zero attached hydrogens (tertiary/aromatic N) is 4. The highest BCUT2D eigenvalue weighted by Crippen LogP contribution is 2.16. The molecule has 6 heteroatoms. The van der Waals surface area contributed by atoms with Crippen LogP contribution in [-0.2, 0) is 11.2 Å². The molecule has 1 unspecified atom stereocenters. The Hall–Kier alpha value is -2.94. The highest BCUT2D eigenvalue weighted by atomic mass is 19.1. The van der Waals surface area contributed by atoms with Crippen LogP contribution in [0.1, 0.15) is 30.9 Å². The number of benzene rings is 1. The number of halogens is 1. The van der Waals surface area contributed by atoms with Gasteiger partial charge in [0.1, 0.15) is 0 Å². The van der Waals surface area contributed by atoms with E-state index < -0.39 is 6.30 Å². The van der Waals surface area contributed by atoms with Crippen molar-refractivity contribution in [2.24, 2.45) is 0 Å². The summed E-state index contributed by atoms with van der Waals surface area (Å²) in [5, 5.41) is 0. The second-order valence-electron chi connectivity index (χ2n) is 6.48. The number of piperazine rings is 1. The average molecular weight is 366 g/mol. The van der Waals surface area contributed by atoms with Crippen molar-refractivity contribution in [1.29, 1.82) is 0 Å². The van der Waals surface area contributed by atoms with Crippen LogP contribution in [0.5, 0.6) is 0 Å².